The average molecular weight is 462 g/mol. The van der Waals surface area contributed by atoms with Gasteiger partial charge in [0.25, 0.3) is 0 Å². The summed E-state index contributed by atoms with van der Waals surface area (Å²) in [4.78, 5) is 17.6. The number of carbonyl (C=O) groups excluding carboxylic acids is 1. The van der Waals surface area contributed by atoms with Crippen LogP contribution < -0.4 is 10.2 Å². The second kappa shape index (κ2) is 10.1. The summed E-state index contributed by atoms with van der Waals surface area (Å²) in [6.45, 7) is 9.82. The van der Waals surface area contributed by atoms with E-state index in [1.807, 2.05) is 29.8 Å². The molecule has 2 aromatic heterocycles. The van der Waals surface area contributed by atoms with Crippen molar-refractivity contribution in [1.29, 1.82) is 0 Å². The first-order valence-corrected chi connectivity index (χ1v) is 12.6. The minimum atomic E-state index is -0.0315. The van der Waals surface area contributed by atoms with Crippen LogP contribution in [0.4, 0.5) is 5.82 Å². The highest BCUT2D eigenvalue weighted by molar-refractivity contribution is 5.92. The van der Waals surface area contributed by atoms with Gasteiger partial charge in [-0.25, -0.2) is 4.68 Å². The molecular weight excluding hydrogens is 426 g/mol. The van der Waals surface area contributed by atoms with Gasteiger partial charge in [-0.2, -0.15) is 10.2 Å². The maximum atomic E-state index is 12.9. The molecule has 1 aromatic carbocycles. The van der Waals surface area contributed by atoms with Gasteiger partial charge in [-0.15, -0.1) is 5.10 Å². The molecule has 34 heavy (non-hydrogen) atoms. The smallest absolute Gasteiger partial charge is 0.224 e. The van der Waals surface area contributed by atoms with Crippen LogP contribution in [0.5, 0.6) is 0 Å². The fraction of sp³-hybridized carbons (Fsp3) is 0.538. The number of para-hydroxylation sites is 1. The van der Waals surface area contributed by atoms with E-state index in [4.69, 9.17) is 5.10 Å². The molecule has 0 aliphatic carbocycles. The summed E-state index contributed by atoms with van der Waals surface area (Å²) in [5.74, 6) is 0.911. The molecule has 2 aliphatic heterocycles. The zero-order chi connectivity index (χ0) is 23.5. The summed E-state index contributed by atoms with van der Waals surface area (Å²) in [5, 5.41) is 18.2. The predicted molar refractivity (Wildman–Crippen MR) is 134 cm³/mol. The van der Waals surface area contributed by atoms with Crippen molar-refractivity contribution in [3.8, 4) is 5.69 Å². The largest absolute Gasteiger partial charge is 0.356 e. The summed E-state index contributed by atoms with van der Waals surface area (Å²) in [6, 6.07) is 10.2. The molecule has 8 heteroatoms. The fourth-order valence-corrected chi connectivity index (χ4v) is 5.39. The number of aryl methyl sites for hydroxylation is 2. The quantitative estimate of drug-likeness (QED) is 0.544. The molecule has 180 valence electrons. The molecule has 2 fully saturated rings. The second-order valence-corrected chi connectivity index (χ2v) is 9.64. The van der Waals surface area contributed by atoms with Crippen molar-refractivity contribution in [2.75, 3.05) is 44.2 Å². The van der Waals surface area contributed by atoms with E-state index in [1.165, 1.54) is 25.9 Å². The van der Waals surface area contributed by atoms with E-state index < -0.39 is 0 Å². The van der Waals surface area contributed by atoms with Crippen molar-refractivity contribution in [1.82, 2.24) is 30.2 Å². The molecule has 0 saturated carbocycles. The Morgan fingerprint density at radius 1 is 1.06 bits per heavy atom. The van der Waals surface area contributed by atoms with E-state index in [1.54, 1.807) is 0 Å². The Balaban J connectivity index is 1.30. The van der Waals surface area contributed by atoms with Crippen molar-refractivity contribution in [2.45, 2.75) is 46.0 Å². The maximum absolute atomic E-state index is 12.9. The number of amides is 1. The monoisotopic (exact) mass is 461 g/mol. The van der Waals surface area contributed by atoms with Crippen LogP contribution in [0.1, 0.15) is 43.5 Å². The number of nitrogens with zero attached hydrogens (tertiary/aromatic N) is 6. The highest BCUT2D eigenvalue weighted by atomic mass is 16.1. The fourth-order valence-electron chi connectivity index (χ4n) is 5.39. The number of carbonyl (C=O) groups is 1. The van der Waals surface area contributed by atoms with Crippen molar-refractivity contribution >= 4 is 22.6 Å². The molecule has 0 spiro atoms. The Kier molecular flexibility index (Phi) is 6.76. The van der Waals surface area contributed by atoms with Crippen molar-refractivity contribution < 1.29 is 4.79 Å². The van der Waals surface area contributed by atoms with Crippen molar-refractivity contribution in [3.05, 3.63) is 41.7 Å². The minimum absolute atomic E-state index is 0.0315. The van der Waals surface area contributed by atoms with Gasteiger partial charge in [0.1, 0.15) is 5.52 Å². The third-order valence-electron chi connectivity index (χ3n) is 7.23. The average Bonchev–Trinajstić information content (AvgIpc) is 3.51. The molecule has 2 aliphatic rings. The molecule has 4 heterocycles. The number of likely N-dealkylation sites (tertiary alicyclic amines) is 1. The molecule has 0 bridgehead atoms. The summed E-state index contributed by atoms with van der Waals surface area (Å²) in [5.41, 5.74) is 3.81. The van der Waals surface area contributed by atoms with Gasteiger partial charge in [0, 0.05) is 19.6 Å². The van der Waals surface area contributed by atoms with E-state index in [9.17, 15) is 4.79 Å². The molecular formula is C26H35N7O. The van der Waals surface area contributed by atoms with Crippen molar-refractivity contribution in [2.24, 2.45) is 5.92 Å². The molecule has 8 nitrogen and oxygen atoms in total. The Labute approximate surface area is 201 Å². The van der Waals surface area contributed by atoms with Gasteiger partial charge in [0.2, 0.25) is 5.91 Å². The normalized spacial score (nSPS) is 19.1. The lowest BCUT2D eigenvalue weighted by molar-refractivity contribution is -0.125. The molecule has 0 unspecified atom stereocenters. The van der Waals surface area contributed by atoms with E-state index >= 15 is 0 Å². The number of rotatable bonds is 7. The lowest BCUT2D eigenvalue weighted by Crippen LogP contribution is -2.44. The SMILES string of the molecule is Cc1nnc(N2CCC[C@@H](C(=O)NCCCN3CCCC3)C2)c2nn(-c3ccccc3)c(C)c12. The van der Waals surface area contributed by atoms with E-state index in [-0.39, 0.29) is 11.8 Å². The van der Waals surface area contributed by atoms with E-state index in [2.05, 4.69) is 44.4 Å². The van der Waals surface area contributed by atoms with Crippen LogP contribution >= 0.6 is 0 Å². The van der Waals surface area contributed by atoms with E-state index in [0.717, 1.165) is 72.7 Å². The number of aromatic nitrogens is 4. The molecule has 5 rings (SSSR count). The number of piperidine rings is 1. The predicted octanol–water partition coefficient (Wildman–Crippen LogP) is 3.25. The Hall–Kier alpha value is -3.00. The Morgan fingerprint density at radius 3 is 2.65 bits per heavy atom. The highest BCUT2D eigenvalue weighted by Gasteiger charge is 2.29. The highest BCUT2D eigenvalue weighted by Crippen LogP contribution is 2.31. The maximum Gasteiger partial charge on any atom is 0.224 e. The van der Waals surface area contributed by atoms with Crippen molar-refractivity contribution in [3.63, 3.8) is 0 Å². The molecule has 3 aromatic rings. The molecule has 1 atom stereocenters. The van der Waals surface area contributed by atoms with Gasteiger partial charge in [-0.1, -0.05) is 18.2 Å². The zero-order valence-corrected chi connectivity index (χ0v) is 20.3. The van der Waals surface area contributed by atoms with Crippen LogP contribution in [-0.2, 0) is 4.79 Å². The number of fused-ring (bicyclic) bond motifs is 1. The van der Waals surface area contributed by atoms with Gasteiger partial charge in [0.15, 0.2) is 5.82 Å². The number of hydrogen-bond donors (Lipinski definition) is 1. The first-order valence-electron chi connectivity index (χ1n) is 12.6. The summed E-state index contributed by atoms with van der Waals surface area (Å²) in [6.07, 6.45) is 5.50. The van der Waals surface area contributed by atoms with Gasteiger partial charge in [-0.3, -0.25) is 4.79 Å². The lowest BCUT2D eigenvalue weighted by atomic mass is 9.97. The second-order valence-electron chi connectivity index (χ2n) is 9.64. The van der Waals surface area contributed by atoms with Crippen LogP contribution in [0.2, 0.25) is 0 Å². The van der Waals surface area contributed by atoms with Crippen LogP contribution in [0.3, 0.4) is 0 Å². The number of benzene rings is 1. The third kappa shape index (κ3) is 4.64. The van der Waals surface area contributed by atoms with Crippen LogP contribution in [0, 0.1) is 19.8 Å². The standard InChI is InChI=1S/C26H35N7O/c1-19-23-20(2)33(22-11-4-3-5-12-22)30-24(23)25(29-28-19)32-17-8-10-21(18-32)26(34)27-13-9-16-31-14-6-7-15-31/h3-5,11-12,21H,6-10,13-18H2,1-2H3,(H,27,34)/t21-/m1/s1. The summed E-state index contributed by atoms with van der Waals surface area (Å²) < 4.78 is 1.97. The van der Waals surface area contributed by atoms with Crippen LogP contribution in [0.15, 0.2) is 30.3 Å². The molecule has 1 N–H and O–H groups in total. The Morgan fingerprint density at radius 2 is 1.85 bits per heavy atom. The number of anilines is 1. The lowest BCUT2D eigenvalue weighted by Gasteiger charge is -2.32. The molecule has 2 saturated heterocycles. The van der Waals surface area contributed by atoms with Gasteiger partial charge in [0.05, 0.1) is 28.4 Å². The molecule has 1 amide bonds. The zero-order valence-electron chi connectivity index (χ0n) is 20.3. The van der Waals surface area contributed by atoms with Crippen LogP contribution in [-0.4, -0.2) is 70.1 Å². The molecule has 0 radical (unpaired) electrons. The number of hydrogen-bond acceptors (Lipinski definition) is 6. The summed E-state index contributed by atoms with van der Waals surface area (Å²) in [7, 11) is 0. The number of nitrogens with one attached hydrogen (secondary N) is 1. The minimum Gasteiger partial charge on any atom is -0.356 e. The first-order chi connectivity index (χ1) is 16.6. The van der Waals surface area contributed by atoms with Gasteiger partial charge in [-0.05, 0) is 77.7 Å². The Bertz CT molecular complexity index is 1140. The van der Waals surface area contributed by atoms with Gasteiger partial charge >= 0.3 is 0 Å². The van der Waals surface area contributed by atoms with Gasteiger partial charge < -0.3 is 15.1 Å². The topological polar surface area (TPSA) is 79.2 Å². The summed E-state index contributed by atoms with van der Waals surface area (Å²) >= 11 is 0. The van der Waals surface area contributed by atoms with Crippen LogP contribution in [0.25, 0.3) is 16.6 Å². The first kappa shape index (κ1) is 22.8. The third-order valence-corrected chi connectivity index (χ3v) is 7.23. The van der Waals surface area contributed by atoms with E-state index in [0.29, 0.717) is 6.54 Å².